The van der Waals surface area contributed by atoms with E-state index in [1.54, 1.807) is 18.2 Å². The zero-order valence-electron chi connectivity index (χ0n) is 7.12. The molecule has 0 unspecified atom stereocenters. The van der Waals surface area contributed by atoms with Crippen LogP contribution in [0.25, 0.3) is 0 Å². The molecule has 0 radical (unpaired) electrons. The highest BCUT2D eigenvalue weighted by Crippen LogP contribution is 2.20. The van der Waals surface area contributed by atoms with Crippen molar-refractivity contribution in [3.63, 3.8) is 0 Å². The summed E-state index contributed by atoms with van der Waals surface area (Å²) < 4.78 is 0.953. The molecule has 1 aromatic carbocycles. The third-order valence-corrected chi connectivity index (χ3v) is 2.70. The van der Waals surface area contributed by atoms with Crippen molar-refractivity contribution in [2.45, 2.75) is 13.0 Å². The monoisotopic (exact) mass is 243 g/mol. The van der Waals surface area contributed by atoms with Crippen molar-refractivity contribution in [1.82, 2.24) is 0 Å². The van der Waals surface area contributed by atoms with E-state index in [1.165, 1.54) is 0 Å². The van der Waals surface area contributed by atoms with Gasteiger partial charge < -0.3 is 10.8 Å². The Balaban J connectivity index is 3.03. The number of aryl methyl sites for hydroxylation is 1. The van der Waals surface area contributed by atoms with Crippen molar-refractivity contribution in [1.29, 1.82) is 0 Å². The molecule has 3 N–H and O–H groups in total. The number of benzene rings is 1. The first-order valence-electron chi connectivity index (χ1n) is 3.77. The average Bonchev–Trinajstić information content (AvgIpc) is 2.08. The molecule has 1 aromatic rings. The van der Waals surface area contributed by atoms with Crippen LogP contribution in [0.4, 0.5) is 0 Å². The first-order chi connectivity index (χ1) is 6.02. The molecule has 0 aliphatic rings. The highest BCUT2D eigenvalue weighted by Gasteiger charge is 2.14. The van der Waals surface area contributed by atoms with Crippen molar-refractivity contribution in [2.24, 2.45) is 5.73 Å². The quantitative estimate of drug-likeness (QED) is 0.834. The second-order valence-electron chi connectivity index (χ2n) is 2.82. The van der Waals surface area contributed by atoms with Crippen LogP contribution in [0.2, 0.25) is 0 Å². The van der Waals surface area contributed by atoms with Crippen LogP contribution in [0.3, 0.4) is 0 Å². The predicted molar refractivity (Wildman–Crippen MR) is 53.4 cm³/mol. The van der Waals surface area contributed by atoms with Crippen LogP contribution >= 0.6 is 15.9 Å². The standard InChI is InChI=1S/C9H10BrNO2/c1-5-4-6(2-3-7(5)10)8(11)9(12)13/h2-4,8H,11H2,1H3,(H,12,13)/t8-/m1/s1. The maximum absolute atomic E-state index is 10.6. The van der Waals surface area contributed by atoms with Crippen LogP contribution in [0.15, 0.2) is 22.7 Å². The lowest BCUT2D eigenvalue weighted by Gasteiger charge is -2.08. The molecular formula is C9H10BrNO2. The molecule has 70 valence electrons. The van der Waals surface area contributed by atoms with E-state index in [-0.39, 0.29) is 0 Å². The van der Waals surface area contributed by atoms with Crippen molar-refractivity contribution in [2.75, 3.05) is 0 Å². The minimum Gasteiger partial charge on any atom is -0.480 e. The number of carboxylic acid groups (broad SMARTS) is 1. The van der Waals surface area contributed by atoms with Crippen LogP contribution in [0.5, 0.6) is 0 Å². The Morgan fingerprint density at radius 2 is 2.23 bits per heavy atom. The van der Waals surface area contributed by atoms with Gasteiger partial charge in [-0.3, -0.25) is 4.79 Å². The van der Waals surface area contributed by atoms with Gasteiger partial charge in [0.25, 0.3) is 0 Å². The number of nitrogens with two attached hydrogens (primary N) is 1. The zero-order valence-corrected chi connectivity index (χ0v) is 8.71. The van der Waals surface area contributed by atoms with Crippen LogP contribution in [0.1, 0.15) is 17.2 Å². The molecular weight excluding hydrogens is 234 g/mol. The molecule has 0 saturated heterocycles. The third-order valence-electron chi connectivity index (χ3n) is 1.81. The Morgan fingerprint density at radius 1 is 1.62 bits per heavy atom. The van der Waals surface area contributed by atoms with Crippen molar-refractivity contribution in [3.8, 4) is 0 Å². The van der Waals surface area contributed by atoms with E-state index in [1.807, 2.05) is 6.92 Å². The highest BCUT2D eigenvalue weighted by molar-refractivity contribution is 9.10. The van der Waals surface area contributed by atoms with Gasteiger partial charge in [-0.1, -0.05) is 28.1 Å². The van der Waals surface area contributed by atoms with E-state index >= 15 is 0 Å². The van der Waals surface area contributed by atoms with E-state index in [0.29, 0.717) is 5.56 Å². The lowest BCUT2D eigenvalue weighted by Crippen LogP contribution is -2.20. The minimum atomic E-state index is -1.01. The SMILES string of the molecule is Cc1cc([C@@H](N)C(=O)O)ccc1Br. The maximum atomic E-state index is 10.6. The molecule has 13 heavy (non-hydrogen) atoms. The molecule has 0 fully saturated rings. The Kier molecular flexibility index (Phi) is 3.06. The highest BCUT2D eigenvalue weighted by atomic mass is 79.9. The van der Waals surface area contributed by atoms with Gasteiger partial charge in [-0.15, -0.1) is 0 Å². The molecule has 0 amide bonds. The van der Waals surface area contributed by atoms with E-state index in [4.69, 9.17) is 10.8 Å². The summed E-state index contributed by atoms with van der Waals surface area (Å²) in [5.41, 5.74) is 7.04. The van der Waals surface area contributed by atoms with Crippen LogP contribution in [-0.2, 0) is 4.79 Å². The number of hydrogen-bond acceptors (Lipinski definition) is 2. The van der Waals surface area contributed by atoms with Gasteiger partial charge in [0.15, 0.2) is 0 Å². The first kappa shape index (κ1) is 10.2. The van der Waals surface area contributed by atoms with Crippen LogP contribution in [-0.4, -0.2) is 11.1 Å². The fourth-order valence-electron chi connectivity index (χ4n) is 1.00. The first-order valence-corrected chi connectivity index (χ1v) is 4.56. The number of hydrogen-bond donors (Lipinski definition) is 2. The molecule has 0 bridgehead atoms. The van der Waals surface area contributed by atoms with E-state index < -0.39 is 12.0 Å². The van der Waals surface area contributed by atoms with Gasteiger partial charge in [0.2, 0.25) is 0 Å². The summed E-state index contributed by atoms with van der Waals surface area (Å²) in [4.78, 5) is 10.6. The van der Waals surface area contributed by atoms with Gasteiger partial charge in [0, 0.05) is 4.47 Å². The van der Waals surface area contributed by atoms with Crippen molar-refractivity contribution < 1.29 is 9.90 Å². The molecule has 0 aliphatic heterocycles. The summed E-state index contributed by atoms with van der Waals surface area (Å²) >= 11 is 3.33. The van der Waals surface area contributed by atoms with Gasteiger partial charge in [-0.2, -0.15) is 0 Å². The molecule has 0 spiro atoms. The van der Waals surface area contributed by atoms with Crippen LogP contribution < -0.4 is 5.73 Å². The molecule has 0 saturated carbocycles. The number of aliphatic carboxylic acids is 1. The molecule has 3 nitrogen and oxygen atoms in total. The van der Waals surface area contributed by atoms with E-state index in [9.17, 15) is 4.79 Å². The fraction of sp³-hybridized carbons (Fsp3) is 0.222. The number of halogens is 1. The minimum absolute atomic E-state index is 0.619. The second kappa shape index (κ2) is 3.89. The lowest BCUT2D eigenvalue weighted by molar-refractivity contribution is -0.138. The zero-order chi connectivity index (χ0) is 10.0. The van der Waals surface area contributed by atoms with Gasteiger partial charge in [0.05, 0.1) is 0 Å². The van der Waals surface area contributed by atoms with E-state index in [2.05, 4.69) is 15.9 Å². The van der Waals surface area contributed by atoms with Crippen LogP contribution in [0, 0.1) is 6.92 Å². The lowest BCUT2D eigenvalue weighted by atomic mass is 10.1. The molecule has 0 aliphatic carbocycles. The van der Waals surface area contributed by atoms with Gasteiger partial charge in [-0.25, -0.2) is 0 Å². The Morgan fingerprint density at radius 3 is 2.69 bits per heavy atom. The molecule has 0 aromatic heterocycles. The normalized spacial score (nSPS) is 12.5. The summed E-state index contributed by atoms with van der Waals surface area (Å²) in [6, 6.07) is 4.33. The summed E-state index contributed by atoms with van der Waals surface area (Å²) in [5, 5.41) is 8.66. The Bertz CT molecular complexity index is 338. The molecule has 1 atom stereocenters. The topological polar surface area (TPSA) is 63.3 Å². The maximum Gasteiger partial charge on any atom is 0.325 e. The third kappa shape index (κ3) is 2.29. The largest absolute Gasteiger partial charge is 0.480 e. The number of carbonyl (C=O) groups is 1. The Hall–Kier alpha value is -0.870. The molecule has 4 heteroatoms. The summed E-state index contributed by atoms with van der Waals surface area (Å²) in [6.45, 7) is 1.89. The van der Waals surface area contributed by atoms with E-state index in [0.717, 1.165) is 10.0 Å². The van der Waals surface area contributed by atoms with Gasteiger partial charge in [-0.05, 0) is 24.1 Å². The summed E-state index contributed by atoms with van der Waals surface area (Å²) in [6.07, 6.45) is 0. The predicted octanol–water partition coefficient (Wildman–Crippen LogP) is 1.84. The smallest absolute Gasteiger partial charge is 0.325 e. The number of carboxylic acids is 1. The van der Waals surface area contributed by atoms with Gasteiger partial charge in [0.1, 0.15) is 6.04 Å². The summed E-state index contributed by atoms with van der Waals surface area (Å²) in [7, 11) is 0. The molecule has 1 rings (SSSR count). The molecule has 0 heterocycles. The van der Waals surface area contributed by atoms with Crippen molar-refractivity contribution in [3.05, 3.63) is 33.8 Å². The summed E-state index contributed by atoms with van der Waals surface area (Å²) in [5.74, 6) is -1.01. The Labute approximate surface area is 84.7 Å². The van der Waals surface area contributed by atoms with Gasteiger partial charge >= 0.3 is 5.97 Å². The number of rotatable bonds is 2. The average molecular weight is 244 g/mol. The van der Waals surface area contributed by atoms with Crippen molar-refractivity contribution >= 4 is 21.9 Å². The second-order valence-corrected chi connectivity index (χ2v) is 3.68. The fourth-order valence-corrected chi connectivity index (χ4v) is 1.25.